The number of rotatable bonds is 2. The highest BCUT2D eigenvalue weighted by Gasteiger charge is 2.07. The first-order valence-electron chi connectivity index (χ1n) is 5.77. The van der Waals surface area contributed by atoms with Gasteiger partial charge in [-0.1, -0.05) is 6.07 Å². The van der Waals surface area contributed by atoms with Crippen molar-refractivity contribution in [3.63, 3.8) is 0 Å². The first-order chi connectivity index (χ1) is 8.59. The molecule has 0 saturated carbocycles. The van der Waals surface area contributed by atoms with Crippen LogP contribution in [0, 0.1) is 0 Å². The van der Waals surface area contributed by atoms with Gasteiger partial charge < -0.3 is 9.80 Å². The van der Waals surface area contributed by atoms with Gasteiger partial charge in [-0.3, -0.25) is 4.40 Å². The van der Waals surface area contributed by atoms with E-state index >= 15 is 0 Å². The van der Waals surface area contributed by atoms with Crippen LogP contribution in [0.5, 0.6) is 0 Å². The van der Waals surface area contributed by atoms with Crippen LogP contribution in [0.2, 0.25) is 0 Å². The Labute approximate surface area is 107 Å². The number of hydrogen-bond donors (Lipinski definition) is 0. The van der Waals surface area contributed by atoms with Crippen molar-refractivity contribution < 1.29 is 0 Å². The van der Waals surface area contributed by atoms with Crippen LogP contribution in [0.15, 0.2) is 29.4 Å². The van der Waals surface area contributed by atoms with Gasteiger partial charge in [0.05, 0.1) is 0 Å². The Bertz CT molecular complexity index is 544. The Balaban J connectivity index is 2.26. The standard InChI is InChI=1S/C12H18N6/c1-16(2)12(17(3)4)13-9-11-15-14-10-7-5-6-8-18(10)11/h5-8H,9H2,1-4H3. The lowest BCUT2D eigenvalue weighted by Gasteiger charge is -2.22. The molecule has 96 valence electrons. The summed E-state index contributed by atoms with van der Waals surface area (Å²) in [6, 6.07) is 5.84. The molecular formula is C12H18N6. The van der Waals surface area contributed by atoms with E-state index < -0.39 is 0 Å². The van der Waals surface area contributed by atoms with Crippen molar-refractivity contribution in [2.45, 2.75) is 6.54 Å². The summed E-state index contributed by atoms with van der Waals surface area (Å²) in [5.74, 6) is 1.74. The molecule has 0 unspecified atom stereocenters. The Morgan fingerprint density at radius 3 is 2.56 bits per heavy atom. The summed E-state index contributed by atoms with van der Waals surface area (Å²) in [7, 11) is 7.89. The van der Waals surface area contributed by atoms with E-state index in [1.165, 1.54) is 0 Å². The molecule has 0 aliphatic carbocycles. The number of aromatic nitrogens is 3. The lowest BCUT2D eigenvalue weighted by atomic mass is 10.4. The fourth-order valence-electron chi connectivity index (χ4n) is 1.82. The van der Waals surface area contributed by atoms with Gasteiger partial charge in [-0.25, -0.2) is 4.99 Å². The van der Waals surface area contributed by atoms with Crippen LogP contribution in [-0.2, 0) is 6.54 Å². The Hall–Kier alpha value is -2.11. The van der Waals surface area contributed by atoms with Gasteiger partial charge in [0.15, 0.2) is 17.4 Å². The van der Waals surface area contributed by atoms with Gasteiger partial charge in [0, 0.05) is 34.4 Å². The van der Waals surface area contributed by atoms with Gasteiger partial charge in [0.2, 0.25) is 0 Å². The van der Waals surface area contributed by atoms with E-state index in [1.54, 1.807) is 0 Å². The largest absolute Gasteiger partial charge is 0.349 e. The van der Waals surface area contributed by atoms with Crippen molar-refractivity contribution in [1.82, 2.24) is 24.4 Å². The minimum atomic E-state index is 0.511. The second-order valence-corrected chi connectivity index (χ2v) is 4.45. The average molecular weight is 246 g/mol. The average Bonchev–Trinajstić information content (AvgIpc) is 2.72. The van der Waals surface area contributed by atoms with Crippen molar-refractivity contribution in [1.29, 1.82) is 0 Å². The van der Waals surface area contributed by atoms with E-state index in [1.807, 2.05) is 66.8 Å². The number of fused-ring (bicyclic) bond motifs is 1. The molecule has 0 aliphatic rings. The minimum Gasteiger partial charge on any atom is -0.349 e. The van der Waals surface area contributed by atoms with E-state index in [0.29, 0.717) is 6.54 Å². The van der Waals surface area contributed by atoms with Crippen LogP contribution >= 0.6 is 0 Å². The van der Waals surface area contributed by atoms with Gasteiger partial charge >= 0.3 is 0 Å². The summed E-state index contributed by atoms with van der Waals surface area (Å²) in [4.78, 5) is 8.51. The monoisotopic (exact) mass is 246 g/mol. The lowest BCUT2D eigenvalue weighted by molar-refractivity contribution is 0.478. The van der Waals surface area contributed by atoms with Crippen molar-refractivity contribution in [2.75, 3.05) is 28.2 Å². The summed E-state index contributed by atoms with van der Waals surface area (Å²) in [6.45, 7) is 0.511. The number of nitrogens with zero attached hydrogens (tertiary/aromatic N) is 6. The topological polar surface area (TPSA) is 49.0 Å². The number of aliphatic imine (C=N–C) groups is 1. The Morgan fingerprint density at radius 2 is 1.89 bits per heavy atom. The van der Waals surface area contributed by atoms with Crippen molar-refractivity contribution in [2.24, 2.45) is 4.99 Å². The number of hydrogen-bond acceptors (Lipinski definition) is 3. The van der Waals surface area contributed by atoms with E-state index in [2.05, 4.69) is 15.2 Å². The lowest BCUT2D eigenvalue weighted by Crippen LogP contribution is -2.35. The summed E-state index contributed by atoms with van der Waals surface area (Å²) < 4.78 is 1.95. The first-order valence-corrected chi connectivity index (χ1v) is 5.77. The highest BCUT2D eigenvalue weighted by molar-refractivity contribution is 5.79. The summed E-state index contributed by atoms with van der Waals surface area (Å²) in [5.41, 5.74) is 0.846. The van der Waals surface area contributed by atoms with Gasteiger partial charge in [0.1, 0.15) is 6.54 Å². The van der Waals surface area contributed by atoms with E-state index in [-0.39, 0.29) is 0 Å². The number of guanidine groups is 1. The molecule has 18 heavy (non-hydrogen) atoms. The maximum atomic E-state index is 4.56. The van der Waals surface area contributed by atoms with Gasteiger partial charge in [0.25, 0.3) is 0 Å². The van der Waals surface area contributed by atoms with E-state index in [4.69, 9.17) is 0 Å². The Morgan fingerprint density at radius 1 is 1.17 bits per heavy atom. The smallest absolute Gasteiger partial charge is 0.195 e. The van der Waals surface area contributed by atoms with E-state index in [9.17, 15) is 0 Å². The maximum absolute atomic E-state index is 4.56. The molecule has 0 N–H and O–H groups in total. The highest BCUT2D eigenvalue weighted by atomic mass is 15.3. The second kappa shape index (κ2) is 5.03. The van der Waals surface area contributed by atoms with Gasteiger partial charge in [-0.15, -0.1) is 10.2 Å². The van der Waals surface area contributed by atoms with Crippen LogP contribution in [-0.4, -0.2) is 58.5 Å². The minimum absolute atomic E-state index is 0.511. The molecule has 0 fully saturated rings. The van der Waals surface area contributed by atoms with Crippen LogP contribution in [0.3, 0.4) is 0 Å². The fourth-order valence-corrected chi connectivity index (χ4v) is 1.82. The molecule has 6 nitrogen and oxygen atoms in total. The Kier molecular flexibility index (Phi) is 3.45. The normalized spacial score (nSPS) is 10.4. The van der Waals surface area contributed by atoms with Crippen LogP contribution in [0.1, 0.15) is 5.82 Å². The third-order valence-electron chi connectivity index (χ3n) is 2.55. The van der Waals surface area contributed by atoms with Crippen molar-refractivity contribution in [3.05, 3.63) is 30.2 Å². The molecule has 0 atom stereocenters. The molecule has 2 heterocycles. The van der Waals surface area contributed by atoms with Crippen LogP contribution < -0.4 is 0 Å². The molecule has 2 aromatic rings. The molecule has 0 aliphatic heterocycles. The van der Waals surface area contributed by atoms with Gasteiger partial charge in [-0.2, -0.15) is 0 Å². The predicted octanol–water partition coefficient (Wildman–Crippen LogP) is 0.708. The zero-order valence-corrected chi connectivity index (χ0v) is 11.2. The summed E-state index contributed by atoms with van der Waals surface area (Å²) in [6.07, 6.45) is 1.95. The molecule has 6 heteroatoms. The quantitative estimate of drug-likeness (QED) is 0.578. The third-order valence-corrected chi connectivity index (χ3v) is 2.55. The van der Waals surface area contributed by atoms with Crippen molar-refractivity contribution >= 4 is 11.6 Å². The fraction of sp³-hybridized carbons (Fsp3) is 0.417. The number of pyridine rings is 1. The molecule has 0 aromatic carbocycles. The van der Waals surface area contributed by atoms with Crippen molar-refractivity contribution in [3.8, 4) is 0 Å². The van der Waals surface area contributed by atoms with Crippen LogP contribution in [0.4, 0.5) is 0 Å². The predicted molar refractivity (Wildman–Crippen MR) is 71.5 cm³/mol. The zero-order chi connectivity index (χ0) is 13.1. The molecule has 0 bridgehead atoms. The molecule has 0 spiro atoms. The summed E-state index contributed by atoms with van der Waals surface area (Å²) >= 11 is 0. The molecule has 2 aromatic heterocycles. The first kappa shape index (κ1) is 12.3. The van der Waals surface area contributed by atoms with Gasteiger partial charge in [-0.05, 0) is 12.1 Å². The third kappa shape index (κ3) is 2.42. The second-order valence-electron chi connectivity index (χ2n) is 4.45. The molecular weight excluding hydrogens is 228 g/mol. The van der Waals surface area contributed by atoms with Crippen LogP contribution in [0.25, 0.3) is 5.65 Å². The van der Waals surface area contributed by atoms with E-state index in [0.717, 1.165) is 17.4 Å². The maximum Gasteiger partial charge on any atom is 0.195 e. The molecule has 0 radical (unpaired) electrons. The SMILES string of the molecule is CN(C)C(=NCc1nnc2ccccn12)N(C)C. The highest BCUT2D eigenvalue weighted by Crippen LogP contribution is 2.04. The summed E-state index contributed by atoms with van der Waals surface area (Å²) in [5, 5.41) is 8.26. The molecule has 0 saturated heterocycles. The zero-order valence-electron chi connectivity index (χ0n) is 11.2. The molecule has 2 rings (SSSR count). The molecule has 0 amide bonds.